The Labute approximate surface area is 214 Å². The number of alkyl halides is 1. The fourth-order valence-corrected chi connectivity index (χ4v) is 4.49. The van der Waals surface area contributed by atoms with Crippen molar-refractivity contribution in [2.24, 2.45) is 0 Å². The van der Waals surface area contributed by atoms with Crippen LogP contribution in [0.2, 0.25) is 0 Å². The third-order valence-corrected chi connectivity index (χ3v) is 6.68. The van der Waals surface area contributed by atoms with Gasteiger partial charge in [-0.15, -0.1) is 0 Å². The van der Waals surface area contributed by atoms with Crippen molar-refractivity contribution in [1.29, 1.82) is 0 Å². The van der Waals surface area contributed by atoms with Crippen LogP contribution in [0.3, 0.4) is 0 Å². The van der Waals surface area contributed by atoms with Crippen LogP contribution in [0.25, 0.3) is 17.0 Å². The summed E-state index contributed by atoms with van der Waals surface area (Å²) in [5.41, 5.74) is 2.29. The van der Waals surface area contributed by atoms with E-state index in [0.717, 1.165) is 37.1 Å². The van der Waals surface area contributed by atoms with Crippen LogP contribution in [-0.4, -0.2) is 72.6 Å². The Balaban J connectivity index is 1.23. The molecule has 0 spiro atoms. The molecular formula is C26H32FN7O3. The maximum atomic E-state index is 14.8. The van der Waals surface area contributed by atoms with E-state index < -0.39 is 23.9 Å². The van der Waals surface area contributed by atoms with E-state index in [1.807, 2.05) is 26.8 Å². The van der Waals surface area contributed by atoms with Gasteiger partial charge >= 0.3 is 6.09 Å². The summed E-state index contributed by atoms with van der Waals surface area (Å²) in [7, 11) is 0. The smallest absolute Gasteiger partial charge is 0.410 e. The minimum absolute atomic E-state index is 0.174. The number of piperidine rings is 1. The molecule has 37 heavy (non-hydrogen) atoms. The molecule has 2 aliphatic carbocycles. The number of anilines is 1. The summed E-state index contributed by atoms with van der Waals surface area (Å²) in [5.74, 6) is 1.66. The van der Waals surface area contributed by atoms with Crippen LogP contribution in [0.15, 0.2) is 24.7 Å². The number of carbonyl (C=O) groups is 1. The van der Waals surface area contributed by atoms with Gasteiger partial charge in [0.1, 0.15) is 40.4 Å². The summed E-state index contributed by atoms with van der Waals surface area (Å²) < 4.78 is 28.2. The molecule has 4 heterocycles. The molecule has 11 heteroatoms. The van der Waals surface area contributed by atoms with Gasteiger partial charge in [0.2, 0.25) is 0 Å². The highest BCUT2D eigenvalue weighted by Crippen LogP contribution is 2.44. The number of carbonyl (C=O) groups excluding carboxylic acids is 1. The molecule has 10 nitrogen and oxygen atoms in total. The van der Waals surface area contributed by atoms with Crippen LogP contribution in [0.4, 0.5) is 15.0 Å². The second-order valence-corrected chi connectivity index (χ2v) is 11.2. The normalized spacial score (nSPS) is 22.2. The van der Waals surface area contributed by atoms with E-state index in [-0.39, 0.29) is 19.1 Å². The van der Waals surface area contributed by atoms with Crippen molar-refractivity contribution < 1.29 is 18.7 Å². The minimum atomic E-state index is -1.13. The lowest BCUT2D eigenvalue weighted by Crippen LogP contribution is -2.52. The number of amides is 1. The number of imidazole rings is 1. The second kappa shape index (κ2) is 9.11. The molecule has 1 saturated heterocycles. The van der Waals surface area contributed by atoms with Crippen molar-refractivity contribution in [3.63, 3.8) is 0 Å². The summed E-state index contributed by atoms with van der Waals surface area (Å²) >= 11 is 0. The van der Waals surface area contributed by atoms with Gasteiger partial charge in [0, 0.05) is 25.1 Å². The van der Waals surface area contributed by atoms with Gasteiger partial charge < -0.3 is 19.7 Å². The molecular weight excluding hydrogens is 477 g/mol. The number of ether oxygens (including phenoxy) is 2. The fourth-order valence-electron chi connectivity index (χ4n) is 4.49. The molecule has 0 bridgehead atoms. The summed E-state index contributed by atoms with van der Waals surface area (Å²) in [6.07, 6.45) is 8.22. The third kappa shape index (κ3) is 5.30. The van der Waals surface area contributed by atoms with Crippen molar-refractivity contribution in [3.05, 3.63) is 30.4 Å². The molecule has 1 N–H and O–H groups in total. The molecule has 2 saturated carbocycles. The van der Waals surface area contributed by atoms with Crippen LogP contribution < -0.4 is 10.1 Å². The molecule has 3 aliphatic rings. The Bertz CT molecular complexity index is 1320. The van der Waals surface area contributed by atoms with Gasteiger partial charge in [-0.2, -0.15) is 5.10 Å². The van der Waals surface area contributed by atoms with Gasteiger partial charge in [0.15, 0.2) is 5.65 Å². The Morgan fingerprint density at radius 1 is 1.14 bits per heavy atom. The van der Waals surface area contributed by atoms with Gasteiger partial charge in [0.25, 0.3) is 0 Å². The van der Waals surface area contributed by atoms with Gasteiger partial charge in [-0.25, -0.2) is 23.7 Å². The van der Waals surface area contributed by atoms with Crippen molar-refractivity contribution >= 4 is 17.6 Å². The van der Waals surface area contributed by atoms with E-state index in [1.54, 1.807) is 23.1 Å². The van der Waals surface area contributed by atoms with E-state index in [9.17, 15) is 9.18 Å². The first-order chi connectivity index (χ1) is 17.7. The lowest BCUT2D eigenvalue weighted by molar-refractivity contribution is 0.0150. The minimum Gasteiger partial charge on any atom is -0.488 e. The lowest BCUT2D eigenvalue weighted by Gasteiger charge is -2.36. The average Bonchev–Trinajstić information content (AvgIpc) is 3.78. The number of halogens is 1. The van der Waals surface area contributed by atoms with Crippen LogP contribution >= 0.6 is 0 Å². The highest BCUT2D eigenvalue weighted by atomic mass is 19.1. The van der Waals surface area contributed by atoms with Crippen molar-refractivity contribution in [2.45, 2.75) is 82.7 Å². The Morgan fingerprint density at radius 2 is 1.95 bits per heavy atom. The van der Waals surface area contributed by atoms with E-state index in [2.05, 4.69) is 20.3 Å². The van der Waals surface area contributed by atoms with E-state index in [4.69, 9.17) is 14.6 Å². The maximum Gasteiger partial charge on any atom is 0.410 e. The number of hydrogen-bond acceptors (Lipinski definition) is 8. The molecule has 196 valence electrons. The van der Waals surface area contributed by atoms with Crippen molar-refractivity contribution in [1.82, 2.24) is 29.5 Å². The maximum absolute atomic E-state index is 14.8. The highest BCUT2D eigenvalue weighted by molar-refractivity contribution is 5.68. The monoisotopic (exact) mass is 509 g/mol. The topological polar surface area (TPSA) is 107 Å². The first kappa shape index (κ1) is 23.9. The zero-order valence-electron chi connectivity index (χ0n) is 21.4. The van der Waals surface area contributed by atoms with Crippen LogP contribution in [0.5, 0.6) is 5.75 Å². The standard InChI is InChI=1S/C26H32FN7O3/c1-26(2,3)37-25(35)33-9-8-17(27)19(14-33)31-22-13-28-11-18(30-22)20-12-29-23-10-21(36-16-6-7-16)24(15-4-5-15)32-34(20)23/h10-13,15-17,19H,4-9,14H2,1-3H3,(H,30,31)/t17-,19-/m0/s1. The average molecular weight is 510 g/mol. The Hall–Kier alpha value is -3.50. The summed E-state index contributed by atoms with van der Waals surface area (Å²) in [4.78, 5) is 27.6. The number of aromatic nitrogens is 5. The largest absolute Gasteiger partial charge is 0.488 e. The predicted octanol–water partition coefficient (Wildman–Crippen LogP) is 4.36. The van der Waals surface area contributed by atoms with Gasteiger partial charge in [-0.05, 0) is 52.9 Å². The molecule has 0 radical (unpaired) electrons. The van der Waals surface area contributed by atoms with Gasteiger partial charge in [-0.3, -0.25) is 4.98 Å². The van der Waals surface area contributed by atoms with E-state index in [0.29, 0.717) is 35.3 Å². The zero-order valence-corrected chi connectivity index (χ0v) is 21.4. The molecule has 3 fully saturated rings. The molecule has 6 rings (SSSR count). The molecule has 0 unspecified atom stereocenters. The van der Waals surface area contributed by atoms with E-state index in [1.165, 1.54) is 4.90 Å². The number of hydrogen-bond donors (Lipinski definition) is 1. The Kier molecular flexibility index (Phi) is 5.88. The van der Waals surface area contributed by atoms with Crippen LogP contribution in [0.1, 0.15) is 64.5 Å². The number of rotatable bonds is 6. The quantitative estimate of drug-likeness (QED) is 0.522. The summed E-state index contributed by atoms with van der Waals surface area (Å²) in [5, 5.41) is 8.03. The van der Waals surface area contributed by atoms with Crippen LogP contribution in [-0.2, 0) is 4.74 Å². The molecule has 2 atom stereocenters. The lowest BCUT2D eigenvalue weighted by atomic mass is 10.0. The SMILES string of the molecule is CC(C)(C)OC(=O)N1CC[C@H](F)[C@@H](Nc2cncc(-c3cnc4cc(OC5CC5)c(C5CC5)nn34)n2)C1. The molecule has 0 aromatic carbocycles. The van der Waals surface area contributed by atoms with Gasteiger partial charge in [0.05, 0.1) is 30.7 Å². The molecule has 1 aliphatic heterocycles. The molecule has 1 amide bonds. The number of fused-ring (bicyclic) bond motifs is 1. The van der Waals surface area contributed by atoms with Gasteiger partial charge in [-0.1, -0.05) is 0 Å². The van der Waals surface area contributed by atoms with Crippen molar-refractivity contribution in [3.8, 4) is 17.1 Å². The molecule has 3 aromatic rings. The van der Waals surface area contributed by atoms with E-state index >= 15 is 0 Å². The number of nitrogens with one attached hydrogen (secondary N) is 1. The van der Waals surface area contributed by atoms with Crippen molar-refractivity contribution in [2.75, 3.05) is 18.4 Å². The summed E-state index contributed by atoms with van der Waals surface area (Å²) in [6, 6.07) is 1.33. The number of likely N-dealkylation sites (tertiary alicyclic amines) is 1. The first-order valence-electron chi connectivity index (χ1n) is 13.0. The molecule has 3 aromatic heterocycles. The predicted molar refractivity (Wildman–Crippen MR) is 134 cm³/mol. The highest BCUT2D eigenvalue weighted by Gasteiger charge is 2.35. The second-order valence-electron chi connectivity index (χ2n) is 11.2. The zero-order chi connectivity index (χ0) is 25.7. The summed E-state index contributed by atoms with van der Waals surface area (Å²) in [6.45, 7) is 5.92. The fraction of sp³-hybridized carbons (Fsp3) is 0.577. The number of nitrogens with zero attached hydrogens (tertiary/aromatic N) is 6. The van der Waals surface area contributed by atoms with Crippen LogP contribution in [0, 0.1) is 0 Å². The Morgan fingerprint density at radius 3 is 2.68 bits per heavy atom. The first-order valence-corrected chi connectivity index (χ1v) is 13.0. The third-order valence-electron chi connectivity index (χ3n) is 6.68.